The van der Waals surface area contributed by atoms with E-state index >= 15 is 0 Å². The number of carbonyl (C=O) groups excluding carboxylic acids is 1. The van der Waals surface area contributed by atoms with Crippen LogP contribution in [0.25, 0.3) is 0 Å². The van der Waals surface area contributed by atoms with Gasteiger partial charge in [-0.3, -0.25) is 4.79 Å². The van der Waals surface area contributed by atoms with Gasteiger partial charge in [0.15, 0.2) is 6.54 Å². The summed E-state index contributed by atoms with van der Waals surface area (Å²) >= 11 is 11.4. The van der Waals surface area contributed by atoms with Gasteiger partial charge in [0.1, 0.15) is 0 Å². The highest BCUT2D eigenvalue weighted by atomic mass is 35.5. The molecular weight excluding hydrogens is 227 g/mol. The number of carbonyl (C=O) groups is 1. The fourth-order valence-electron chi connectivity index (χ4n) is 0.885. The molecule has 1 amide bonds. The minimum absolute atomic E-state index is 0.409. The van der Waals surface area contributed by atoms with E-state index in [1.165, 1.54) is 18.2 Å². The molecule has 0 bridgehead atoms. The minimum Gasteiger partial charge on any atom is -0.324 e. The molecular formula is C8H6Cl2N2O2. The molecule has 1 rings (SSSR count). The molecule has 0 aliphatic rings. The summed E-state index contributed by atoms with van der Waals surface area (Å²) in [7, 11) is 0. The Bertz CT molecular complexity index is 348. The molecule has 0 aromatic heterocycles. The first-order valence-corrected chi connectivity index (χ1v) is 4.42. The molecule has 0 heterocycles. The second-order valence-electron chi connectivity index (χ2n) is 2.49. The molecule has 0 unspecified atom stereocenters. The molecule has 1 aromatic rings. The van der Waals surface area contributed by atoms with Crippen LogP contribution >= 0.6 is 23.2 Å². The Morgan fingerprint density at radius 1 is 1.29 bits per heavy atom. The molecule has 4 nitrogen and oxygen atoms in total. The number of amides is 1. The molecule has 0 aliphatic heterocycles. The van der Waals surface area contributed by atoms with E-state index < -0.39 is 12.5 Å². The highest BCUT2D eigenvalue weighted by molar-refractivity contribution is 6.35. The lowest BCUT2D eigenvalue weighted by Crippen LogP contribution is -2.14. The molecule has 1 aromatic carbocycles. The fraction of sp³-hybridized carbons (Fsp3) is 0.125. The van der Waals surface area contributed by atoms with Gasteiger partial charge in [-0.15, -0.1) is 0 Å². The van der Waals surface area contributed by atoms with Crippen LogP contribution in [0.3, 0.4) is 0 Å². The molecule has 0 saturated heterocycles. The van der Waals surface area contributed by atoms with Crippen LogP contribution in [0, 0.1) is 4.91 Å². The lowest BCUT2D eigenvalue weighted by atomic mass is 10.3. The van der Waals surface area contributed by atoms with E-state index in [1.807, 2.05) is 0 Å². The predicted molar refractivity (Wildman–Crippen MR) is 55.8 cm³/mol. The van der Waals surface area contributed by atoms with Crippen LogP contribution in [0.15, 0.2) is 23.4 Å². The van der Waals surface area contributed by atoms with Crippen molar-refractivity contribution in [2.45, 2.75) is 0 Å². The van der Waals surface area contributed by atoms with Crippen molar-refractivity contribution in [2.24, 2.45) is 5.18 Å². The number of benzene rings is 1. The maximum Gasteiger partial charge on any atom is 0.249 e. The van der Waals surface area contributed by atoms with Crippen molar-refractivity contribution in [3.8, 4) is 0 Å². The molecule has 0 saturated carbocycles. The van der Waals surface area contributed by atoms with Crippen molar-refractivity contribution in [2.75, 3.05) is 11.9 Å². The second kappa shape index (κ2) is 4.93. The summed E-state index contributed by atoms with van der Waals surface area (Å²) in [6, 6.07) is 4.59. The van der Waals surface area contributed by atoms with E-state index in [-0.39, 0.29) is 0 Å². The summed E-state index contributed by atoms with van der Waals surface area (Å²) in [5.74, 6) is -0.502. The molecule has 6 heteroatoms. The van der Waals surface area contributed by atoms with E-state index in [4.69, 9.17) is 23.2 Å². The van der Waals surface area contributed by atoms with E-state index in [0.717, 1.165) is 0 Å². The summed E-state index contributed by atoms with van der Waals surface area (Å²) in [5.41, 5.74) is 0.441. The van der Waals surface area contributed by atoms with Crippen LogP contribution in [0.1, 0.15) is 0 Å². The Kier molecular flexibility index (Phi) is 3.85. The standard InChI is InChI=1S/C8H6Cl2N2O2/c9-5-1-6(10)3-7(2-5)12-8(13)4-11-14/h1-3H,4H2,(H,12,13). The van der Waals surface area contributed by atoms with Crippen molar-refractivity contribution < 1.29 is 4.79 Å². The quantitative estimate of drug-likeness (QED) is 0.816. The lowest BCUT2D eigenvalue weighted by molar-refractivity contribution is -0.114. The third-order valence-corrected chi connectivity index (χ3v) is 1.79. The Morgan fingerprint density at radius 2 is 1.86 bits per heavy atom. The van der Waals surface area contributed by atoms with Gasteiger partial charge in [0.05, 0.1) is 0 Å². The zero-order valence-electron chi connectivity index (χ0n) is 6.96. The highest BCUT2D eigenvalue weighted by Gasteiger charge is 2.03. The number of halogens is 2. The first-order chi connectivity index (χ1) is 6.61. The Balaban J connectivity index is 2.76. The van der Waals surface area contributed by atoms with Crippen molar-refractivity contribution in [1.82, 2.24) is 0 Å². The number of hydrogen-bond acceptors (Lipinski definition) is 3. The van der Waals surface area contributed by atoms with Crippen LogP contribution in [0.2, 0.25) is 10.0 Å². The van der Waals surface area contributed by atoms with Gasteiger partial charge in [-0.25, -0.2) is 0 Å². The number of anilines is 1. The van der Waals surface area contributed by atoms with Crippen molar-refractivity contribution in [3.05, 3.63) is 33.2 Å². The molecule has 74 valence electrons. The first-order valence-electron chi connectivity index (χ1n) is 3.67. The highest BCUT2D eigenvalue weighted by Crippen LogP contribution is 2.22. The number of hydrogen-bond donors (Lipinski definition) is 1. The van der Waals surface area contributed by atoms with Crippen molar-refractivity contribution in [3.63, 3.8) is 0 Å². The molecule has 14 heavy (non-hydrogen) atoms. The summed E-state index contributed by atoms with van der Waals surface area (Å²) in [6.45, 7) is -0.426. The average molecular weight is 233 g/mol. The monoisotopic (exact) mass is 232 g/mol. The molecule has 1 N–H and O–H groups in total. The van der Waals surface area contributed by atoms with Gasteiger partial charge in [-0.1, -0.05) is 28.4 Å². The average Bonchev–Trinajstić information content (AvgIpc) is 2.01. The minimum atomic E-state index is -0.502. The Hall–Kier alpha value is -1.13. The molecule has 0 radical (unpaired) electrons. The van der Waals surface area contributed by atoms with E-state index in [0.29, 0.717) is 15.7 Å². The van der Waals surface area contributed by atoms with Gasteiger partial charge in [0.2, 0.25) is 5.91 Å². The third-order valence-electron chi connectivity index (χ3n) is 1.35. The van der Waals surface area contributed by atoms with Crippen LogP contribution in [0.5, 0.6) is 0 Å². The normalized spacial score (nSPS) is 9.57. The van der Waals surface area contributed by atoms with E-state index in [2.05, 4.69) is 10.5 Å². The number of nitrogens with zero attached hydrogens (tertiary/aromatic N) is 1. The molecule has 0 aliphatic carbocycles. The summed E-state index contributed by atoms with van der Waals surface area (Å²) < 4.78 is 0. The van der Waals surface area contributed by atoms with Crippen LogP contribution in [-0.4, -0.2) is 12.5 Å². The Morgan fingerprint density at radius 3 is 2.36 bits per heavy atom. The van der Waals surface area contributed by atoms with Crippen LogP contribution in [-0.2, 0) is 4.79 Å². The zero-order chi connectivity index (χ0) is 10.6. The van der Waals surface area contributed by atoms with Crippen LogP contribution < -0.4 is 5.32 Å². The second-order valence-corrected chi connectivity index (χ2v) is 3.37. The zero-order valence-corrected chi connectivity index (χ0v) is 8.47. The molecule has 0 spiro atoms. The van der Waals surface area contributed by atoms with Gasteiger partial charge in [-0.2, -0.15) is 4.91 Å². The maximum absolute atomic E-state index is 10.9. The van der Waals surface area contributed by atoms with Crippen molar-refractivity contribution >= 4 is 34.8 Å². The smallest absolute Gasteiger partial charge is 0.249 e. The number of nitrogens with one attached hydrogen (secondary N) is 1. The van der Waals surface area contributed by atoms with E-state index in [9.17, 15) is 9.70 Å². The first kappa shape index (κ1) is 10.9. The summed E-state index contributed by atoms with van der Waals surface area (Å²) in [6.07, 6.45) is 0. The largest absolute Gasteiger partial charge is 0.324 e. The van der Waals surface area contributed by atoms with Gasteiger partial charge in [-0.05, 0) is 18.2 Å². The topological polar surface area (TPSA) is 58.5 Å². The maximum atomic E-state index is 10.9. The SMILES string of the molecule is O=NCC(=O)Nc1cc(Cl)cc(Cl)c1. The van der Waals surface area contributed by atoms with Gasteiger partial charge in [0.25, 0.3) is 0 Å². The molecule has 0 fully saturated rings. The number of rotatable bonds is 3. The lowest BCUT2D eigenvalue weighted by Gasteiger charge is -2.03. The van der Waals surface area contributed by atoms with Gasteiger partial charge < -0.3 is 5.32 Å². The Labute approximate surface area is 90.2 Å². The van der Waals surface area contributed by atoms with Crippen LogP contribution in [0.4, 0.5) is 5.69 Å². The van der Waals surface area contributed by atoms with Crippen molar-refractivity contribution in [1.29, 1.82) is 0 Å². The van der Waals surface area contributed by atoms with Gasteiger partial charge in [0, 0.05) is 15.7 Å². The predicted octanol–water partition coefficient (Wildman–Crippen LogP) is 2.70. The molecule has 0 atom stereocenters. The third kappa shape index (κ3) is 3.32. The summed E-state index contributed by atoms with van der Waals surface area (Å²) in [4.78, 5) is 20.7. The van der Waals surface area contributed by atoms with Gasteiger partial charge >= 0.3 is 0 Å². The fourth-order valence-corrected chi connectivity index (χ4v) is 1.41. The number of nitroso groups, excluding NO2 is 1. The van der Waals surface area contributed by atoms with E-state index in [1.54, 1.807) is 0 Å². The summed E-state index contributed by atoms with van der Waals surface area (Å²) in [5, 5.41) is 5.69.